The quantitative estimate of drug-likeness (QED) is 0.403. The first kappa shape index (κ1) is 22.9. The van der Waals surface area contributed by atoms with Crippen LogP contribution in [0.5, 0.6) is 0 Å². The number of imidazole rings is 1. The van der Waals surface area contributed by atoms with E-state index in [0.717, 1.165) is 40.3 Å². The number of rotatable bonds is 8. The molecule has 0 fully saturated rings. The largest absolute Gasteiger partial charge is 0.348 e. The summed E-state index contributed by atoms with van der Waals surface area (Å²) in [5, 5.41) is 2.97. The van der Waals surface area contributed by atoms with E-state index in [-0.39, 0.29) is 5.91 Å². The molecule has 0 saturated carbocycles. The smallest absolute Gasteiger partial charge is 0.251 e. The number of carbonyl (C=O) groups is 1. The Morgan fingerprint density at radius 1 is 0.970 bits per heavy atom. The Hall–Kier alpha value is -3.25. The van der Waals surface area contributed by atoms with Crippen molar-refractivity contribution in [1.82, 2.24) is 14.9 Å². The van der Waals surface area contributed by atoms with E-state index in [4.69, 9.17) is 4.98 Å². The number of fused-ring (bicyclic) bond motifs is 1. The van der Waals surface area contributed by atoms with Gasteiger partial charge in [-0.2, -0.15) is 0 Å². The Labute approximate surface area is 197 Å². The highest BCUT2D eigenvalue weighted by molar-refractivity contribution is 7.85. The molecule has 6 heteroatoms. The van der Waals surface area contributed by atoms with Crippen LogP contribution in [0.3, 0.4) is 0 Å². The number of nitrogens with zero attached hydrogens (tertiary/aromatic N) is 2. The summed E-state index contributed by atoms with van der Waals surface area (Å²) in [5.41, 5.74) is 5.89. The summed E-state index contributed by atoms with van der Waals surface area (Å²) in [6.45, 7) is 7.33. The SMILES string of the molecule is CCn1c(Cc2ccc(C)cc2)nc2cc(C(=O)NCc3ccc(S(=O)CC)cc3)ccc21. The van der Waals surface area contributed by atoms with Crippen LogP contribution in [0, 0.1) is 6.92 Å². The molecule has 0 saturated heterocycles. The van der Waals surface area contributed by atoms with Crippen molar-refractivity contribution in [3.63, 3.8) is 0 Å². The van der Waals surface area contributed by atoms with Gasteiger partial charge in [-0.25, -0.2) is 4.98 Å². The second kappa shape index (κ2) is 10.1. The van der Waals surface area contributed by atoms with Crippen LogP contribution < -0.4 is 5.32 Å². The molecule has 4 aromatic rings. The molecule has 1 atom stereocenters. The zero-order valence-corrected chi connectivity index (χ0v) is 20.1. The molecule has 1 aromatic heterocycles. The molecule has 170 valence electrons. The van der Waals surface area contributed by atoms with Crippen molar-refractivity contribution in [2.75, 3.05) is 5.75 Å². The summed E-state index contributed by atoms with van der Waals surface area (Å²) in [5.74, 6) is 1.46. The van der Waals surface area contributed by atoms with Gasteiger partial charge in [0.1, 0.15) is 5.82 Å². The molecule has 0 aliphatic carbocycles. The van der Waals surface area contributed by atoms with Crippen molar-refractivity contribution in [3.8, 4) is 0 Å². The molecule has 0 aliphatic heterocycles. The Bertz CT molecular complexity index is 1290. The van der Waals surface area contributed by atoms with Gasteiger partial charge >= 0.3 is 0 Å². The van der Waals surface area contributed by atoms with Gasteiger partial charge < -0.3 is 9.88 Å². The predicted molar refractivity (Wildman–Crippen MR) is 134 cm³/mol. The summed E-state index contributed by atoms with van der Waals surface area (Å²) in [6, 6.07) is 21.8. The average molecular weight is 460 g/mol. The first-order valence-corrected chi connectivity index (χ1v) is 12.6. The van der Waals surface area contributed by atoms with Crippen molar-refractivity contribution in [1.29, 1.82) is 0 Å². The van der Waals surface area contributed by atoms with Crippen molar-refractivity contribution in [2.45, 2.75) is 45.2 Å². The number of hydrogen-bond acceptors (Lipinski definition) is 3. The average Bonchev–Trinajstić information content (AvgIpc) is 3.19. The number of aromatic nitrogens is 2. The van der Waals surface area contributed by atoms with Gasteiger partial charge in [-0.05, 0) is 55.3 Å². The Morgan fingerprint density at radius 2 is 1.67 bits per heavy atom. The van der Waals surface area contributed by atoms with E-state index in [1.54, 1.807) is 0 Å². The van der Waals surface area contributed by atoms with Gasteiger partial charge in [-0.3, -0.25) is 9.00 Å². The first-order valence-electron chi connectivity index (χ1n) is 11.3. The highest BCUT2D eigenvalue weighted by atomic mass is 32.2. The minimum absolute atomic E-state index is 0.135. The summed E-state index contributed by atoms with van der Waals surface area (Å²) in [4.78, 5) is 18.4. The molecule has 33 heavy (non-hydrogen) atoms. The first-order chi connectivity index (χ1) is 16.0. The maximum atomic E-state index is 12.8. The van der Waals surface area contributed by atoms with Crippen molar-refractivity contribution < 1.29 is 9.00 Å². The zero-order valence-electron chi connectivity index (χ0n) is 19.3. The third kappa shape index (κ3) is 5.22. The molecular formula is C27H29N3O2S. The lowest BCUT2D eigenvalue weighted by molar-refractivity contribution is 0.0951. The van der Waals surface area contributed by atoms with E-state index in [2.05, 4.69) is 48.0 Å². The molecule has 0 spiro atoms. The van der Waals surface area contributed by atoms with Crippen molar-refractivity contribution in [2.24, 2.45) is 0 Å². The second-order valence-corrected chi connectivity index (χ2v) is 9.84. The van der Waals surface area contributed by atoms with Crippen molar-refractivity contribution >= 4 is 27.7 Å². The zero-order chi connectivity index (χ0) is 23.4. The molecule has 1 N–H and O–H groups in total. The highest BCUT2D eigenvalue weighted by Crippen LogP contribution is 2.21. The number of nitrogens with one attached hydrogen (secondary N) is 1. The fourth-order valence-corrected chi connectivity index (χ4v) is 4.68. The maximum absolute atomic E-state index is 12.8. The number of hydrogen-bond donors (Lipinski definition) is 1. The molecule has 0 aliphatic rings. The summed E-state index contributed by atoms with van der Waals surface area (Å²) in [7, 11) is -0.966. The van der Waals surface area contributed by atoms with E-state index in [0.29, 0.717) is 17.9 Å². The molecule has 5 nitrogen and oxygen atoms in total. The van der Waals surface area contributed by atoms with Gasteiger partial charge in [0.05, 0.1) is 21.8 Å². The Morgan fingerprint density at radius 3 is 2.33 bits per heavy atom. The second-order valence-electron chi connectivity index (χ2n) is 8.10. The molecule has 1 unspecified atom stereocenters. The van der Waals surface area contributed by atoms with Gasteiger partial charge in [0.2, 0.25) is 0 Å². The van der Waals surface area contributed by atoms with Crippen LogP contribution in [0.2, 0.25) is 0 Å². The van der Waals surface area contributed by atoms with Crippen LogP contribution in [0.4, 0.5) is 0 Å². The number of aryl methyl sites for hydroxylation is 2. The van der Waals surface area contributed by atoms with Gasteiger partial charge in [0.15, 0.2) is 0 Å². The summed E-state index contributed by atoms with van der Waals surface area (Å²) < 4.78 is 14.1. The van der Waals surface area contributed by atoms with Gasteiger partial charge in [0.25, 0.3) is 5.91 Å². The third-order valence-electron chi connectivity index (χ3n) is 5.79. The predicted octanol–water partition coefficient (Wildman–Crippen LogP) is 5.01. The standard InChI is InChI=1S/C27H29N3O2S/c1-4-30-25-15-12-22(17-24(25)29-26(30)16-20-8-6-19(3)7-9-20)27(31)28-18-21-10-13-23(14-11-21)33(32)5-2/h6-15,17H,4-5,16,18H2,1-3H3,(H,28,31). The molecule has 4 rings (SSSR count). The fraction of sp³-hybridized carbons (Fsp3) is 0.259. The number of amides is 1. The molecule has 3 aromatic carbocycles. The summed E-state index contributed by atoms with van der Waals surface area (Å²) >= 11 is 0. The van der Waals surface area contributed by atoms with Crippen LogP contribution >= 0.6 is 0 Å². The fourth-order valence-electron chi connectivity index (χ4n) is 3.91. The van der Waals surface area contributed by atoms with Crippen LogP contribution in [0.1, 0.15) is 46.7 Å². The number of carbonyl (C=O) groups excluding carboxylic acids is 1. The Balaban J connectivity index is 1.49. The van der Waals surface area contributed by atoms with E-state index in [1.807, 2.05) is 49.4 Å². The maximum Gasteiger partial charge on any atom is 0.251 e. The third-order valence-corrected chi connectivity index (χ3v) is 7.11. The van der Waals surface area contributed by atoms with Crippen LogP contribution in [-0.2, 0) is 30.3 Å². The lowest BCUT2D eigenvalue weighted by atomic mass is 10.1. The Kier molecular flexibility index (Phi) is 7.04. The number of benzene rings is 3. The van der Waals surface area contributed by atoms with Gasteiger partial charge in [-0.15, -0.1) is 0 Å². The summed E-state index contributed by atoms with van der Waals surface area (Å²) in [6.07, 6.45) is 0.753. The van der Waals surface area contributed by atoms with Gasteiger partial charge in [0, 0.05) is 35.7 Å². The van der Waals surface area contributed by atoms with Crippen LogP contribution in [-0.4, -0.2) is 25.4 Å². The highest BCUT2D eigenvalue weighted by Gasteiger charge is 2.13. The molecule has 0 bridgehead atoms. The van der Waals surface area contributed by atoms with E-state index in [1.165, 1.54) is 11.1 Å². The molecular weight excluding hydrogens is 430 g/mol. The molecule has 1 heterocycles. The molecule has 1 amide bonds. The minimum Gasteiger partial charge on any atom is -0.348 e. The topological polar surface area (TPSA) is 64.0 Å². The van der Waals surface area contributed by atoms with E-state index < -0.39 is 10.8 Å². The normalized spacial score (nSPS) is 12.1. The lowest BCUT2D eigenvalue weighted by Crippen LogP contribution is -2.22. The van der Waals surface area contributed by atoms with Crippen LogP contribution in [0.15, 0.2) is 71.6 Å². The van der Waals surface area contributed by atoms with E-state index in [9.17, 15) is 9.00 Å². The monoisotopic (exact) mass is 459 g/mol. The van der Waals surface area contributed by atoms with Gasteiger partial charge in [-0.1, -0.05) is 48.9 Å². The van der Waals surface area contributed by atoms with Crippen LogP contribution in [0.25, 0.3) is 11.0 Å². The van der Waals surface area contributed by atoms with Crippen molar-refractivity contribution in [3.05, 3.63) is 94.8 Å². The minimum atomic E-state index is -0.966. The molecule has 0 radical (unpaired) electrons. The van der Waals surface area contributed by atoms with E-state index >= 15 is 0 Å². The lowest BCUT2D eigenvalue weighted by Gasteiger charge is -2.08.